The zero-order valence-electron chi connectivity index (χ0n) is 22.0. The number of likely N-dealkylation sites (tertiary alicyclic amines) is 1. The Bertz CT molecular complexity index is 1470. The number of benzene rings is 1. The van der Waals surface area contributed by atoms with Crippen molar-refractivity contribution in [3.05, 3.63) is 64.2 Å². The number of carbonyl (C=O) groups excluding carboxylic acids is 2. The van der Waals surface area contributed by atoms with Crippen molar-refractivity contribution in [1.82, 2.24) is 35.2 Å². The Balaban J connectivity index is 0.00000387. The largest absolute Gasteiger partial charge is 1.00 e. The van der Waals surface area contributed by atoms with Gasteiger partial charge in [0.05, 0.1) is 0 Å². The van der Waals surface area contributed by atoms with Crippen LogP contribution in [0.4, 0.5) is 26.7 Å². The molecule has 1 aromatic carbocycles. The monoisotopic (exact) mass is 605 g/mol. The van der Waals surface area contributed by atoms with Crippen molar-refractivity contribution in [1.29, 1.82) is 0 Å². The first-order valence-electron chi connectivity index (χ1n) is 12.7. The van der Waals surface area contributed by atoms with Crippen LogP contribution < -0.4 is 72.8 Å². The van der Waals surface area contributed by atoms with Gasteiger partial charge in [0.2, 0.25) is 5.69 Å². The third kappa shape index (κ3) is 7.00. The van der Waals surface area contributed by atoms with E-state index in [1.54, 1.807) is 16.7 Å². The molecule has 0 saturated carbocycles. The van der Waals surface area contributed by atoms with Crippen molar-refractivity contribution in [2.45, 2.75) is 50.0 Å². The SMILES string of the molecule is O=C(N[C@@H]1CC[C@@H](c2cccc(F)c2F)CN(NC(F)(F)F)C1=O)N1CCC(n2c(=O)[n-]c3ncccc32)CC1.[K+]. The molecule has 2 N–H and O–H groups in total. The first kappa shape index (κ1) is 31.6. The first-order chi connectivity index (χ1) is 19.0. The number of imidazole rings is 1. The first-order valence-corrected chi connectivity index (χ1v) is 12.7. The average molecular weight is 606 g/mol. The zero-order chi connectivity index (χ0) is 28.6. The fraction of sp³-hybridized carbons (Fsp3) is 0.440. The van der Waals surface area contributed by atoms with Crippen molar-refractivity contribution in [2.75, 3.05) is 19.6 Å². The Hall–Kier alpha value is -2.37. The molecule has 0 bridgehead atoms. The van der Waals surface area contributed by atoms with Gasteiger partial charge in [0, 0.05) is 36.7 Å². The van der Waals surface area contributed by atoms with E-state index in [1.807, 2.05) is 0 Å². The summed E-state index contributed by atoms with van der Waals surface area (Å²) in [4.78, 5) is 48.0. The van der Waals surface area contributed by atoms with E-state index in [1.165, 1.54) is 28.7 Å². The van der Waals surface area contributed by atoms with Crippen LogP contribution in [0.3, 0.4) is 0 Å². The Labute approximate surface area is 273 Å². The van der Waals surface area contributed by atoms with E-state index < -0.39 is 54.1 Å². The van der Waals surface area contributed by atoms with Gasteiger partial charge in [-0.25, -0.2) is 13.6 Å². The average Bonchev–Trinajstić information content (AvgIpc) is 3.18. The van der Waals surface area contributed by atoms with Crippen LogP contribution in [0, 0.1) is 11.6 Å². The van der Waals surface area contributed by atoms with Gasteiger partial charge in [-0.1, -0.05) is 24.3 Å². The molecular formula is C25H25F5KN7O3. The number of urea groups is 1. The van der Waals surface area contributed by atoms with Crippen molar-refractivity contribution in [3.8, 4) is 0 Å². The van der Waals surface area contributed by atoms with Crippen LogP contribution in [-0.2, 0) is 4.79 Å². The molecule has 2 aliphatic heterocycles. The number of fused-ring (bicyclic) bond motifs is 1. The number of aromatic nitrogens is 3. The fourth-order valence-electron chi connectivity index (χ4n) is 5.39. The molecular weight excluding hydrogens is 580 g/mol. The van der Waals surface area contributed by atoms with E-state index in [9.17, 15) is 36.3 Å². The molecule has 5 rings (SSSR count). The quantitative estimate of drug-likeness (QED) is 0.242. The smallest absolute Gasteiger partial charge is 0.368 e. The maximum atomic E-state index is 14.4. The predicted molar refractivity (Wildman–Crippen MR) is 131 cm³/mol. The molecule has 2 fully saturated rings. The standard InChI is InChI=1S/C25H26F5N7O3.K/c26-17-4-1-3-16(20(17)27)14-6-7-18(22(38)36(13-14)34-25(28,29)30)32-23(39)35-11-8-15(9-12-35)37-19-5-2-10-31-21(19)33-24(37)40;/h1-5,10,14-15,18,34H,6-9,11-13H2,(H2,31,32,33,39,40);/q;+1/p-1/t14-,18-;/m1./s1. The van der Waals surface area contributed by atoms with Crippen LogP contribution in [0.5, 0.6) is 0 Å². The Kier molecular flexibility index (Phi) is 9.91. The number of carbonyl (C=O) groups is 2. The summed E-state index contributed by atoms with van der Waals surface area (Å²) in [6, 6.07) is 4.59. The number of hydrogen-bond acceptors (Lipinski definition) is 5. The van der Waals surface area contributed by atoms with Gasteiger partial charge in [0.1, 0.15) is 6.04 Å². The van der Waals surface area contributed by atoms with E-state index in [-0.39, 0.29) is 88.9 Å². The summed E-state index contributed by atoms with van der Waals surface area (Å²) in [5, 5.41) is 2.81. The van der Waals surface area contributed by atoms with Crippen LogP contribution in [0.15, 0.2) is 41.3 Å². The topological polar surface area (TPSA) is 114 Å². The van der Waals surface area contributed by atoms with Gasteiger partial charge in [0.25, 0.3) is 5.91 Å². The minimum atomic E-state index is -4.98. The summed E-state index contributed by atoms with van der Waals surface area (Å²) in [6.45, 7) is -0.140. The number of rotatable bonds is 4. The number of halogens is 5. The maximum absolute atomic E-state index is 14.4. The fourth-order valence-corrected chi connectivity index (χ4v) is 5.39. The number of hydrazine groups is 1. The molecule has 41 heavy (non-hydrogen) atoms. The van der Waals surface area contributed by atoms with Crippen LogP contribution in [0.2, 0.25) is 0 Å². The minimum Gasteiger partial charge on any atom is -0.368 e. The molecule has 0 radical (unpaired) electrons. The minimum absolute atomic E-state index is 0. The van der Waals surface area contributed by atoms with Crippen molar-refractivity contribution >= 4 is 23.1 Å². The number of nitrogens with zero attached hydrogens (tertiary/aromatic N) is 5. The Morgan fingerprint density at radius 2 is 1.76 bits per heavy atom. The van der Waals surface area contributed by atoms with Gasteiger partial charge in [-0.3, -0.25) is 14.6 Å². The van der Waals surface area contributed by atoms with Gasteiger partial charge < -0.3 is 24.8 Å². The summed E-state index contributed by atoms with van der Waals surface area (Å²) >= 11 is 0. The van der Waals surface area contributed by atoms with Crippen LogP contribution in [-0.4, -0.2) is 63.4 Å². The van der Waals surface area contributed by atoms with Crippen molar-refractivity contribution in [2.24, 2.45) is 0 Å². The summed E-state index contributed by atoms with van der Waals surface area (Å²) in [5.74, 6) is -4.35. The molecule has 0 spiro atoms. The van der Waals surface area contributed by atoms with E-state index in [0.29, 0.717) is 29.0 Å². The summed E-state index contributed by atoms with van der Waals surface area (Å²) in [5.41, 5.74) is 1.48. The van der Waals surface area contributed by atoms with Crippen molar-refractivity contribution in [3.63, 3.8) is 0 Å². The summed E-state index contributed by atoms with van der Waals surface area (Å²) in [6.07, 6.45) is -2.71. The number of nitrogens with one attached hydrogen (secondary N) is 2. The van der Waals surface area contributed by atoms with E-state index in [4.69, 9.17) is 0 Å². The molecule has 0 unspecified atom stereocenters. The predicted octanol–water partition coefficient (Wildman–Crippen LogP) is -0.218. The second-order valence-corrected chi connectivity index (χ2v) is 9.81. The van der Waals surface area contributed by atoms with E-state index >= 15 is 0 Å². The zero-order valence-corrected chi connectivity index (χ0v) is 25.1. The Morgan fingerprint density at radius 3 is 2.46 bits per heavy atom. The van der Waals surface area contributed by atoms with Gasteiger partial charge in [-0.05, 0) is 49.6 Å². The molecule has 4 heterocycles. The van der Waals surface area contributed by atoms with Gasteiger partial charge in [-0.15, -0.1) is 5.43 Å². The molecule has 2 aromatic heterocycles. The molecule has 0 aliphatic carbocycles. The number of alkyl halides is 3. The molecule has 2 atom stereocenters. The molecule has 10 nitrogen and oxygen atoms in total. The number of piperidine rings is 1. The van der Waals surface area contributed by atoms with Crippen LogP contribution in [0.25, 0.3) is 11.2 Å². The molecule has 3 amide bonds. The normalized spacial score (nSPS) is 20.6. The maximum Gasteiger partial charge on any atom is 1.00 e. The second-order valence-electron chi connectivity index (χ2n) is 9.81. The van der Waals surface area contributed by atoms with Crippen LogP contribution in [0.1, 0.15) is 43.2 Å². The molecule has 2 saturated heterocycles. The third-order valence-corrected chi connectivity index (χ3v) is 7.30. The van der Waals surface area contributed by atoms with E-state index in [0.717, 1.165) is 6.07 Å². The van der Waals surface area contributed by atoms with Gasteiger partial charge >= 0.3 is 63.7 Å². The van der Waals surface area contributed by atoms with E-state index in [2.05, 4.69) is 15.3 Å². The Morgan fingerprint density at radius 1 is 1.02 bits per heavy atom. The number of hydrogen-bond donors (Lipinski definition) is 2. The summed E-state index contributed by atoms with van der Waals surface area (Å²) < 4.78 is 69.4. The second kappa shape index (κ2) is 12.9. The van der Waals surface area contributed by atoms with Crippen molar-refractivity contribution < 1.29 is 82.9 Å². The third-order valence-electron chi connectivity index (χ3n) is 7.30. The summed E-state index contributed by atoms with van der Waals surface area (Å²) in [7, 11) is 0. The number of amides is 3. The molecule has 3 aromatic rings. The molecule has 214 valence electrons. The van der Waals surface area contributed by atoms with Gasteiger partial charge in [0.15, 0.2) is 11.6 Å². The number of pyridine rings is 1. The molecule has 2 aliphatic rings. The van der Waals surface area contributed by atoms with Crippen LogP contribution >= 0.6 is 0 Å². The molecule has 16 heteroatoms. The van der Waals surface area contributed by atoms with Gasteiger partial charge in [-0.2, -0.15) is 13.2 Å².